The number of hydrogen-bond acceptors (Lipinski definition) is 3. The van der Waals surface area contributed by atoms with E-state index in [1.807, 2.05) is 0 Å². The van der Waals surface area contributed by atoms with E-state index in [0.717, 1.165) is 0 Å². The molecule has 0 aliphatic rings. The van der Waals surface area contributed by atoms with Crippen molar-refractivity contribution >= 4 is 17.7 Å². The number of carbonyl (C=O) groups is 2. The maximum absolute atomic E-state index is 11.2. The summed E-state index contributed by atoms with van der Waals surface area (Å²) in [4.78, 5) is 21.6. The lowest BCUT2D eigenvalue weighted by Gasteiger charge is -2.11. The van der Waals surface area contributed by atoms with Gasteiger partial charge >= 0.3 is 12.0 Å². The zero-order valence-electron chi connectivity index (χ0n) is 8.15. The van der Waals surface area contributed by atoms with Crippen LogP contribution in [0.5, 0.6) is 0 Å². The van der Waals surface area contributed by atoms with Crippen LogP contribution >= 0.6 is 0 Å². The van der Waals surface area contributed by atoms with Crippen molar-refractivity contribution in [1.82, 2.24) is 15.5 Å². The second-order valence-electron chi connectivity index (χ2n) is 3.08. The number of nitrogens with zero attached hydrogens (tertiary/aromatic N) is 1. The van der Waals surface area contributed by atoms with Gasteiger partial charge in [-0.05, 0) is 6.92 Å². The fourth-order valence-corrected chi connectivity index (χ4v) is 1.02. The van der Waals surface area contributed by atoms with E-state index in [0.29, 0.717) is 5.69 Å². The molecular formula is C8H12N4O3. The Kier molecular flexibility index (Phi) is 3.67. The highest BCUT2D eigenvalue weighted by Crippen LogP contribution is 2.00. The normalized spacial score (nSPS) is 11.8. The van der Waals surface area contributed by atoms with Crippen molar-refractivity contribution in [3.63, 3.8) is 0 Å². The highest BCUT2D eigenvalue weighted by Gasteiger charge is 2.10. The molecule has 0 bridgehead atoms. The number of carbonyl (C=O) groups excluding carboxylic acids is 1. The van der Waals surface area contributed by atoms with Crippen molar-refractivity contribution in [2.45, 2.75) is 19.4 Å². The van der Waals surface area contributed by atoms with E-state index in [1.165, 1.54) is 12.4 Å². The summed E-state index contributed by atoms with van der Waals surface area (Å²) in [5, 5.41) is 19.6. The standard InChI is InChI=1S/C8H12N4O3/c1-5(2-7(13)14)11-8(15)12-6-3-9-10-4-6/h3-5H,2H2,1H3,(H,9,10)(H,13,14)(H2,11,12,15). The first-order valence-electron chi connectivity index (χ1n) is 4.36. The molecule has 4 N–H and O–H groups in total. The number of rotatable bonds is 4. The van der Waals surface area contributed by atoms with E-state index >= 15 is 0 Å². The lowest BCUT2D eigenvalue weighted by Crippen LogP contribution is -2.37. The number of urea groups is 1. The van der Waals surface area contributed by atoms with Gasteiger partial charge in [-0.2, -0.15) is 5.10 Å². The summed E-state index contributed by atoms with van der Waals surface area (Å²) >= 11 is 0. The Morgan fingerprint density at radius 1 is 1.67 bits per heavy atom. The quantitative estimate of drug-likeness (QED) is 0.579. The van der Waals surface area contributed by atoms with Gasteiger partial charge in [-0.15, -0.1) is 0 Å². The van der Waals surface area contributed by atoms with Crippen LogP contribution in [0.4, 0.5) is 10.5 Å². The number of aromatic amines is 1. The molecule has 0 saturated heterocycles. The highest BCUT2D eigenvalue weighted by atomic mass is 16.4. The monoisotopic (exact) mass is 212 g/mol. The van der Waals surface area contributed by atoms with Crippen molar-refractivity contribution in [1.29, 1.82) is 0 Å². The molecule has 0 aromatic carbocycles. The van der Waals surface area contributed by atoms with Gasteiger partial charge in [-0.1, -0.05) is 0 Å². The number of hydrogen-bond donors (Lipinski definition) is 4. The Morgan fingerprint density at radius 3 is 2.93 bits per heavy atom. The van der Waals surface area contributed by atoms with Crippen molar-refractivity contribution in [3.05, 3.63) is 12.4 Å². The molecule has 0 aliphatic carbocycles. The number of amides is 2. The first kappa shape index (κ1) is 11.0. The zero-order valence-corrected chi connectivity index (χ0v) is 8.15. The van der Waals surface area contributed by atoms with Crippen LogP contribution in [0.1, 0.15) is 13.3 Å². The number of nitrogens with one attached hydrogen (secondary N) is 3. The molecule has 1 unspecified atom stereocenters. The molecule has 7 heteroatoms. The number of aromatic nitrogens is 2. The fraction of sp³-hybridized carbons (Fsp3) is 0.375. The minimum Gasteiger partial charge on any atom is -0.481 e. The Balaban J connectivity index is 2.33. The summed E-state index contributed by atoms with van der Waals surface area (Å²) < 4.78 is 0. The lowest BCUT2D eigenvalue weighted by atomic mass is 10.2. The Labute approximate surface area is 85.9 Å². The van der Waals surface area contributed by atoms with E-state index in [9.17, 15) is 9.59 Å². The van der Waals surface area contributed by atoms with Crippen LogP contribution in [0, 0.1) is 0 Å². The van der Waals surface area contributed by atoms with Crippen molar-refractivity contribution in [2.24, 2.45) is 0 Å². The summed E-state index contributed by atoms with van der Waals surface area (Å²) in [6.07, 6.45) is 2.85. The molecule has 0 saturated carbocycles. The molecule has 1 aromatic rings. The van der Waals surface area contributed by atoms with Crippen LogP contribution in [0.2, 0.25) is 0 Å². The van der Waals surface area contributed by atoms with E-state index < -0.39 is 18.0 Å². The first-order chi connectivity index (χ1) is 7.08. The average molecular weight is 212 g/mol. The zero-order chi connectivity index (χ0) is 11.3. The average Bonchev–Trinajstić information content (AvgIpc) is 2.53. The van der Waals surface area contributed by atoms with Gasteiger partial charge in [0.2, 0.25) is 0 Å². The number of carboxylic acids is 1. The molecule has 82 valence electrons. The van der Waals surface area contributed by atoms with E-state index in [-0.39, 0.29) is 6.42 Å². The van der Waals surface area contributed by atoms with Gasteiger partial charge in [-0.3, -0.25) is 9.89 Å². The van der Waals surface area contributed by atoms with Gasteiger partial charge < -0.3 is 15.7 Å². The van der Waals surface area contributed by atoms with Gasteiger partial charge in [0.05, 0.1) is 18.3 Å². The molecule has 1 atom stereocenters. The minimum atomic E-state index is -0.953. The number of H-pyrrole nitrogens is 1. The largest absolute Gasteiger partial charge is 0.481 e. The Morgan fingerprint density at radius 2 is 2.40 bits per heavy atom. The summed E-state index contributed by atoms with van der Waals surface area (Å²) in [6.45, 7) is 1.61. The Bertz CT molecular complexity index is 336. The van der Waals surface area contributed by atoms with E-state index in [4.69, 9.17) is 5.11 Å². The van der Waals surface area contributed by atoms with Crippen molar-refractivity contribution < 1.29 is 14.7 Å². The third-order valence-electron chi connectivity index (χ3n) is 1.61. The molecular weight excluding hydrogens is 200 g/mol. The molecule has 1 rings (SSSR count). The third-order valence-corrected chi connectivity index (χ3v) is 1.61. The van der Waals surface area contributed by atoms with Crippen LogP contribution in [-0.2, 0) is 4.79 Å². The summed E-state index contributed by atoms with van der Waals surface area (Å²) in [5.74, 6) is -0.953. The van der Waals surface area contributed by atoms with E-state index in [2.05, 4.69) is 20.8 Å². The fourth-order valence-electron chi connectivity index (χ4n) is 1.02. The second kappa shape index (κ2) is 4.99. The molecule has 0 spiro atoms. The molecule has 0 fully saturated rings. The number of aliphatic carboxylic acids is 1. The maximum Gasteiger partial charge on any atom is 0.319 e. The number of carboxylic acid groups (broad SMARTS) is 1. The summed E-state index contributed by atoms with van der Waals surface area (Å²) in [5.41, 5.74) is 0.523. The van der Waals surface area contributed by atoms with Crippen molar-refractivity contribution in [2.75, 3.05) is 5.32 Å². The third kappa shape index (κ3) is 4.12. The van der Waals surface area contributed by atoms with Crippen molar-refractivity contribution in [3.8, 4) is 0 Å². The van der Waals surface area contributed by atoms with Gasteiger partial charge in [0, 0.05) is 12.2 Å². The predicted molar refractivity (Wildman–Crippen MR) is 52.5 cm³/mol. The number of anilines is 1. The molecule has 7 nitrogen and oxygen atoms in total. The van der Waals surface area contributed by atoms with Crippen LogP contribution in [0.25, 0.3) is 0 Å². The van der Waals surface area contributed by atoms with Crippen LogP contribution in [0.3, 0.4) is 0 Å². The minimum absolute atomic E-state index is 0.112. The molecule has 0 aliphatic heterocycles. The smallest absolute Gasteiger partial charge is 0.319 e. The maximum atomic E-state index is 11.2. The molecule has 15 heavy (non-hydrogen) atoms. The van der Waals surface area contributed by atoms with Gasteiger partial charge in [0.25, 0.3) is 0 Å². The van der Waals surface area contributed by atoms with Crippen LogP contribution in [0.15, 0.2) is 12.4 Å². The predicted octanol–water partition coefficient (Wildman–Crippen LogP) is 0.394. The van der Waals surface area contributed by atoms with Crippen LogP contribution < -0.4 is 10.6 Å². The lowest BCUT2D eigenvalue weighted by molar-refractivity contribution is -0.137. The second-order valence-corrected chi connectivity index (χ2v) is 3.08. The van der Waals surface area contributed by atoms with E-state index in [1.54, 1.807) is 6.92 Å². The SMILES string of the molecule is CC(CC(=O)O)NC(=O)Nc1cn[nH]c1. The molecule has 2 amide bonds. The molecule has 0 radical (unpaired) electrons. The topological polar surface area (TPSA) is 107 Å². The summed E-state index contributed by atoms with van der Waals surface area (Å²) in [6, 6.07) is -0.875. The van der Waals surface area contributed by atoms with Crippen LogP contribution in [-0.4, -0.2) is 33.3 Å². The summed E-state index contributed by atoms with van der Waals surface area (Å²) in [7, 11) is 0. The Hall–Kier alpha value is -2.05. The highest BCUT2D eigenvalue weighted by molar-refractivity contribution is 5.89. The molecule has 1 aromatic heterocycles. The van der Waals surface area contributed by atoms with Gasteiger partial charge in [0.1, 0.15) is 0 Å². The molecule has 1 heterocycles. The first-order valence-corrected chi connectivity index (χ1v) is 4.36. The van der Waals surface area contributed by atoms with Gasteiger partial charge in [-0.25, -0.2) is 4.79 Å². The van der Waals surface area contributed by atoms with Gasteiger partial charge in [0.15, 0.2) is 0 Å².